The summed E-state index contributed by atoms with van der Waals surface area (Å²) in [6.45, 7) is 10.8. The van der Waals surface area contributed by atoms with Gasteiger partial charge in [0.25, 0.3) is 0 Å². The van der Waals surface area contributed by atoms with Gasteiger partial charge in [0.1, 0.15) is 5.82 Å². The van der Waals surface area contributed by atoms with E-state index in [1.54, 1.807) is 0 Å². The lowest BCUT2D eigenvalue weighted by Gasteiger charge is -2.62. The monoisotopic (exact) mass is 413 g/mol. The fourth-order valence-electron chi connectivity index (χ4n) is 7.04. The minimum Gasteiger partial charge on any atom is -0.373 e. The average molecular weight is 414 g/mol. The third kappa shape index (κ3) is 3.66. The Balaban J connectivity index is 1.20. The highest BCUT2D eigenvalue weighted by Crippen LogP contribution is 2.62. The first kappa shape index (κ1) is 20.7. The Kier molecular flexibility index (Phi) is 5.13. The van der Waals surface area contributed by atoms with Crippen LogP contribution >= 0.6 is 0 Å². The fourth-order valence-corrected chi connectivity index (χ4v) is 7.04. The molecular formula is C24H39N5O. The number of hydrogen-bond acceptors (Lipinski definition) is 6. The van der Waals surface area contributed by atoms with Crippen LogP contribution in [0.1, 0.15) is 63.6 Å². The van der Waals surface area contributed by atoms with Gasteiger partial charge in [0, 0.05) is 49.5 Å². The van der Waals surface area contributed by atoms with Crippen molar-refractivity contribution in [3.8, 4) is 0 Å². The Bertz CT molecular complexity index is 766. The molecule has 30 heavy (non-hydrogen) atoms. The first-order valence-corrected chi connectivity index (χ1v) is 11.9. The van der Waals surface area contributed by atoms with Gasteiger partial charge in [-0.25, -0.2) is 4.98 Å². The molecule has 5 rings (SSSR count). The van der Waals surface area contributed by atoms with Gasteiger partial charge in [-0.2, -0.15) is 0 Å². The molecule has 166 valence electrons. The van der Waals surface area contributed by atoms with Crippen LogP contribution in [0.15, 0.2) is 12.1 Å². The third-order valence-corrected chi connectivity index (χ3v) is 8.13. The summed E-state index contributed by atoms with van der Waals surface area (Å²) >= 11 is 0. The molecule has 1 aromatic rings. The molecule has 6 heteroatoms. The summed E-state index contributed by atoms with van der Waals surface area (Å²) in [5.41, 5.74) is 15.4. The fraction of sp³-hybridized carbons (Fsp3) is 0.792. The first-order chi connectivity index (χ1) is 14.3. The number of piperidine rings is 1. The number of nitrogens with two attached hydrogens (primary N) is 2. The van der Waals surface area contributed by atoms with Gasteiger partial charge in [-0.1, -0.05) is 6.07 Å². The van der Waals surface area contributed by atoms with Gasteiger partial charge in [0.2, 0.25) is 0 Å². The standard InChI is InChI=1S/C24H39N5O/c1-16-12-29(13-17(2)30-16)20-6-8-28(9-7-20)22-5-4-21(18(3)27-22)24(26)14-23(15-24)10-19(25)11-23/h4-5,16-17,19-20H,6-15,25-26H2,1-3H3/t16-,17+,19?,23?,24?. The quantitative estimate of drug-likeness (QED) is 0.793. The summed E-state index contributed by atoms with van der Waals surface area (Å²) in [4.78, 5) is 10.1. The number of aromatic nitrogens is 1. The van der Waals surface area contributed by atoms with E-state index in [4.69, 9.17) is 21.2 Å². The van der Waals surface area contributed by atoms with Gasteiger partial charge in [-0.3, -0.25) is 4.90 Å². The summed E-state index contributed by atoms with van der Waals surface area (Å²) in [5.74, 6) is 1.11. The topological polar surface area (TPSA) is 80.6 Å². The van der Waals surface area contributed by atoms with Crippen molar-refractivity contribution in [3.63, 3.8) is 0 Å². The molecule has 0 radical (unpaired) electrons. The Morgan fingerprint density at radius 3 is 2.27 bits per heavy atom. The lowest BCUT2D eigenvalue weighted by atomic mass is 9.46. The van der Waals surface area contributed by atoms with Crippen LogP contribution in [0.25, 0.3) is 0 Å². The smallest absolute Gasteiger partial charge is 0.128 e. The van der Waals surface area contributed by atoms with Gasteiger partial charge < -0.3 is 21.1 Å². The van der Waals surface area contributed by atoms with Crippen molar-refractivity contribution >= 4 is 5.82 Å². The first-order valence-electron chi connectivity index (χ1n) is 11.9. The largest absolute Gasteiger partial charge is 0.373 e. The molecular weight excluding hydrogens is 374 g/mol. The van der Waals surface area contributed by atoms with E-state index in [1.165, 1.54) is 18.4 Å². The van der Waals surface area contributed by atoms with Gasteiger partial charge in [0.05, 0.1) is 12.2 Å². The van der Waals surface area contributed by atoms with Crippen LogP contribution in [0.5, 0.6) is 0 Å². The minimum absolute atomic E-state index is 0.202. The highest BCUT2D eigenvalue weighted by Gasteiger charge is 2.58. The zero-order valence-electron chi connectivity index (χ0n) is 18.9. The number of pyridine rings is 1. The summed E-state index contributed by atoms with van der Waals surface area (Å²) in [7, 11) is 0. The van der Waals surface area contributed by atoms with Crippen LogP contribution in [-0.4, -0.2) is 60.4 Å². The van der Waals surface area contributed by atoms with Crippen LogP contribution in [-0.2, 0) is 10.3 Å². The highest BCUT2D eigenvalue weighted by molar-refractivity contribution is 5.45. The molecule has 0 amide bonds. The number of hydrogen-bond donors (Lipinski definition) is 2. The van der Waals surface area contributed by atoms with Crippen molar-refractivity contribution in [1.29, 1.82) is 0 Å². The van der Waals surface area contributed by atoms with Gasteiger partial charge in [-0.05, 0) is 76.3 Å². The molecule has 2 atom stereocenters. The Hall–Kier alpha value is -1.21. The van der Waals surface area contributed by atoms with Crippen LogP contribution < -0.4 is 16.4 Å². The van der Waals surface area contributed by atoms with Crippen LogP contribution in [0.4, 0.5) is 5.82 Å². The molecule has 4 N–H and O–H groups in total. The number of anilines is 1. The predicted octanol–water partition coefficient (Wildman–Crippen LogP) is 2.52. The summed E-state index contributed by atoms with van der Waals surface area (Å²) in [5, 5.41) is 0. The lowest BCUT2D eigenvalue weighted by molar-refractivity contribution is -0.0826. The zero-order valence-corrected chi connectivity index (χ0v) is 18.9. The summed E-state index contributed by atoms with van der Waals surface area (Å²) < 4.78 is 5.91. The molecule has 6 nitrogen and oxygen atoms in total. The van der Waals surface area contributed by atoms with Crippen molar-refractivity contribution in [3.05, 3.63) is 23.4 Å². The second kappa shape index (κ2) is 7.44. The molecule has 0 unspecified atom stereocenters. The Labute approximate surface area is 181 Å². The van der Waals surface area contributed by atoms with E-state index < -0.39 is 0 Å². The average Bonchev–Trinajstić information content (AvgIpc) is 2.65. The molecule has 2 saturated heterocycles. The molecule has 0 bridgehead atoms. The van der Waals surface area contributed by atoms with Crippen molar-refractivity contribution in [2.24, 2.45) is 16.9 Å². The number of aryl methyl sites for hydroxylation is 1. The number of nitrogens with zero attached hydrogens (tertiary/aromatic N) is 3. The Morgan fingerprint density at radius 2 is 1.70 bits per heavy atom. The molecule has 3 heterocycles. The molecule has 4 aliphatic rings. The van der Waals surface area contributed by atoms with Gasteiger partial charge in [-0.15, -0.1) is 0 Å². The normalized spacial score (nSPS) is 40.3. The number of rotatable bonds is 3. The van der Waals surface area contributed by atoms with E-state index in [9.17, 15) is 0 Å². The lowest BCUT2D eigenvalue weighted by Crippen LogP contribution is -2.63. The van der Waals surface area contributed by atoms with Crippen LogP contribution in [0.2, 0.25) is 0 Å². The second-order valence-electron chi connectivity index (χ2n) is 10.9. The van der Waals surface area contributed by atoms with E-state index in [-0.39, 0.29) is 5.54 Å². The minimum atomic E-state index is -0.202. The molecule has 2 aliphatic heterocycles. The predicted molar refractivity (Wildman–Crippen MR) is 121 cm³/mol. The van der Waals surface area contributed by atoms with E-state index in [2.05, 4.69) is 42.7 Å². The van der Waals surface area contributed by atoms with E-state index in [1.807, 2.05) is 0 Å². The van der Waals surface area contributed by atoms with Crippen molar-refractivity contribution in [1.82, 2.24) is 9.88 Å². The van der Waals surface area contributed by atoms with Gasteiger partial charge >= 0.3 is 0 Å². The second-order valence-corrected chi connectivity index (χ2v) is 10.9. The molecule has 0 aromatic carbocycles. The Morgan fingerprint density at radius 1 is 1.07 bits per heavy atom. The zero-order chi connectivity index (χ0) is 21.1. The van der Waals surface area contributed by atoms with Crippen LogP contribution in [0.3, 0.4) is 0 Å². The molecule has 1 aromatic heterocycles. The highest BCUT2D eigenvalue weighted by atomic mass is 16.5. The molecule has 1 spiro atoms. The van der Waals surface area contributed by atoms with Crippen LogP contribution in [0, 0.1) is 12.3 Å². The van der Waals surface area contributed by atoms with Gasteiger partial charge in [0.15, 0.2) is 0 Å². The maximum atomic E-state index is 6.80. The molecule has 2 aliphatic carbocycles. The maximum Gasteiger partial charge on any atom is 0.128 e. The van der Waals surface area contributed by atoms with E-state index in [0.717, 1.165) is 63.4 Å². The number of ether oxygens (including phenoxy) is 1. The maximum absolute atomic E-state index is 6.80. The SMILES string of the molecule is Cc1nc(N2CCC(N3C[C@@H](C)O[C@@H](C)C3)CC2)ccc1C1(N)CC2(CC(N)C2)C1. The van der Waals surface area contributed by atoms with E-state index in [0.29, 0.717) is 29.7 Å². The van der Waals surface area contributed by atoms with Crippen molar-refractivity contribution < 1.29 is 4.74 Å². The summed E-state index contributed by atoms with van der Waals surface area (Å²) in [6, 6.07) is 5.51. The molecule has 4 fully saturated rings. The number of morpholine rings is 1. The van der Waals surface area contributed by atoms with Crippen molar-refractivity contribution in [2.75, 3.05) is 31.1 Å². The van der Waals surface area contributed by atoms with Crippen molar-refractivity contribution in [2.45, 2.75) is 89.1 Å². The third-order valence-electron chi connectivity index (χ3n) is 8.13. The van der Waals surface area contributed by atoms with E-state index >= 15 is 0 Å². The summed E-state index contributed by atoms with van der Waals surface area (Å²) in [6.07, 6.45) is 7.51. The molecule has 2 saturated carbocycles.